The van der Waals surface area contributed by atoms with Gasteiger partial charge < -0.3 is 0 Å². The molecule has 0 aromatic heterocycles. The summed E-state index contributed by atoms with van der Waals surface area (Å²) in [5, 5.41) is 1.42. The second kappa shape index (κ2) is 6.19. The molecule has 1 aromatic carbocycles. The lowest BCUT2D eigenvalue weighted by Gasteiger charge is -2.10. The highest BCUT2D eigenvalue weighted by molar-refractivity contribution is 6.34. The van der Waals surface area contributed by atoms with Crippen molar-refractivity contribution in [3.8, 4) is 0 Å². The Bertz CT molecular complexity index is 322. The van der Waals surface area contributed by atoms with E-state index in [-0.39, 0.29) is 0 Å². The van der Waals surface area contributed by atoms with E-state index < -0.39 is 0 Å². The van der Waals surface area contributed by atoms with Gasteiger partial charge in [0.15, 0.2) is 0 Å². The maximum atomic E-state index is 5.95. The summed E-state index contributed by atoms with van der Waals surface area (Å²) in [5.41, 5.74) is 1.20. The van der Waals surface area contributed by atoms with E-state index in [0.29, 0.717) is 16.0 Å². The SMILES string of the molecule is CC/C=C\CC(C)c1cc(Cl)cc(Cl)c1. The molecule has 1 atom stereocenters. The van der Waals surface area contributed by atoms with Crippen LogP contribution < -0.4 is 0 Å². The molecule has 0 N–H and O–H groups in total. The molecule has 0 saturated carbocycles. The van der Waals surface area contributed by atoms with Gasteiger partial charge in [0.1, 0.15) is 0 Å². The predicted octanol–water partition coefficient (Wildman–Crippen LogP) is 5.45. The summed E-state index contributed by atoms with van der Waals surface area (Å²) in [7, 11) is 0. The standard InChI is InChI=1S/C13H16Cl2/c1-3-4-5-6-10(2)11-7-12(14)9-13(15)8-11/h4-5,7-10H,3,6H2,1-2H3/b5-4-. The molecule has 0 radical (unpaired) electrons. The lowest BCUT2D eigenvalue weighted by atomic mass is 9.97. The maximum Gasteiger partial charge on any atom is 0.0423 e. The van der Waals surface area contributed by atoms with Gasteiger partial charge in [0.05, 0.1) is 0 Å². The van der Waals surface area contributed by atoms with Crippen LogP contribution in [0.15, 0.2) is 30.4 Å². The van der Waals surface area contributed by atoms with Gasteiger partial charge in [-0.3, -0.25) is 0 Å². The Morgan fingerprint density at radius 3 is 2.27 bits per heavy atom. The van der Waals surface area contributed by atoms with Gasteiger partial charge in [-0.2, -0.15) is 0 Å². The van der Waals surface area contributed by atoms with Crippen LogP contribution in [0.1, 0.15) is 38.2 Å². The first kappa shape index (κ1) is 12.6. The van der Waals surface area contributed by atoms with Gasteiger partial charge in [-0.15, -0.1) is 0 Å². The minimum absolute atomic E-state index is 0.462. The quantitative estimate of drug-likeness (QED) is 0.616. The molecule has 0 spiro atoms. The molecule has 1 rings (SSSR count). The number of hydrogen-bond acceptors (Lipinski definition) is 0. The van der Waals surface area contributed by atoms with E-state index in [1.165, 1.54) is 5.56 Å². The summed E-state index contributed by atoms with van der Waals surface area (Å²) in [6.07, 6.45) is 6.51. The van der Waals surface area contributed by atoms with Crippen molar-refractivity contribution in [1.82, 2.24) is 0 Å². The minimum Gasteiger partial charge on any atom is -0.0888 e. The molecule has 0 nitrogen and oxygen atoms in total. The summed E-state index contributed by atoms with van der Waals surface area (Å²) in [6.45, 7) is 4.32. The molecule has 0 aliphatic carbocycles. The number of hydrogen-bond donors (Lipinski definition) is 0. The Morgan fingerprint density at radius 1 is 1.13 bits per heavy atom. The van der Waals surface area contributed by atoms with Crippen molar-refractivity contribution in [2.45, 2.75) is 32.6 Å². The van der Waals surface area contributed by atoms with Crippen molar-refractivity contribution >= 4 is 23.2 Å². The zero-order valence-corrected chi connectivity index (χ0v) is 10.6. The van der Waals surface area contributed by atoms with Gasteiger partial charge >= 0.3 is 0 Å². The Kier molecular flexibility index (Phi) is 5.21. The zero-order chi connectivity index (χ0) is 11.3. The highest BCUT2D eigenvalue weighted by atomic mass is 35.5. The van der Waals surface area contributed by atoms with Crippen molar-refractivity contribution in [1.29, 1.82) is 0 Å². The maximum absolute atomic E-state index is 5.95. The van der Waals surface area contributed by atoms with Crippen LogP contribution in [0.25, 0.3) is 0 Å². The Labute approximate surface area is 102 Å². The first-order valence-electron chi connectivity index (χ1n) is 5.24. The topological polar surface area (TPSA) is 0 Å². The lowest BCUT2D eigenvalue weighted by Crippen LogP contribution is -1.91. The molecule has 0 aliphatic heterocycles. The van der Waals surface area contributed by atoms with E-state index in [1.54, 1.807) is 6.07 Å². The number of allylic oxidation sites excluding steroid dienone is 2. The van der Waals surface area contributed by atoms with Crippen LogP contribution in [0.3, 0.4) is 0 Å². The highest BCUT2D eigenvalue weighted by Crippen LogP contribution is 2.26. The molecular formula is C13H16Cl2. The Hall–Kier alpha value is -0.460. The van der Waals surface area contributed by atoms with Crippen molar-refractivity contribution in [2.24, 2.45) is 0 Å². The average molecular weight is 243 g/mol. The molecule has 1 unspecified atom stereocenters. The molecule has 15 heavy (non-hydrogen) atoms. The third kappa shape index (κ3) is 4.27. The second-order valence-corrected chi connectivity index (χ2v) is 4.59. The van der Waals surface area contributed by atoms with Gasteiger partial charge in [0.2, 0.25) is 0 Å². The first-order chi connectivity index (χ1) is 7.13. The van der Waals surface area contributed by atoms with Crippen molar-refractivity contribution in [3.63, 3.8) is 0 Å². The molecule has 0 fully saturated rings. The highest BCUT2D eigenvalue weighted by Gasteiger charge is 2.05. The Morgan fingerprint density at radius 2 is 1.73 bits per heavy atom. The smallest absolute Gasteiger partial charge is 0.0423 e. The first-order valence-corrected chi connectivity index (χ1v) is 6.00. The minimum atomic E-state index is 0.462. The van der Waals surface area contributed by atoms with E-state index in [2.05, 4.69) is 26.0 Å². The fourth-order valence-electron chi connectivity index (χ4n) is 1.46. The van der Waals surface area contributed by atoms with E-state index in [4.69, 9.17) is 23.2 Å². The predicted molar refractivity (Wildman–Crippen MR) is 68.9 cm³/mol. The van der Waals surface area contributed by atoms with Gasteiger partial charge in [0.25, 0.3) is 0 Å². The van der Waals surface area contributed by atoms with Crippen LogP contribution in [0.2, 0.25) is 10.0 Å². The van der Waals surface area contributed by atoms with E-state index in [9.17, 15) is 0 Å². The van der Waals surface area contributed by atoms with Crippen LogP contribution in [0.5, 0.6) is 0 Å². The number of benzene rings is 1. The third-order valence-electron chi connectivity index (χ3n) is 2.35. The van der Waals surface area contributed by atoms with Crippen LogP contribution in [-0.2, 0) is 0 Å². The van der Waals surface area contributed by atoms with Gasteiger partial charge in [-0.05, 0) is 42.5 Å². The fraction of sp³-hybridized carbons (Fsp3) is 0.385. The monoisotopic (exact) mass is 242 g/mol. The molecule has 0 heterocycles. The summed E-state index contributed by atoms with van der Waals surface area (Å²) >= 11 is 11.9. The molecule has 82 valence electrons. The molecule has 0 bridgehead atoms. The van der Waals surface area contributed by atoms with E-state index in [1.807, 2.05) is 12.1 Å². The summed E-state index contributed by atoms with van der Waals surface area (Å²) in [5.74, 6) is 0.462. The third-order valence-corrected chi connectivity index (χ3v) is 2.78. The lowest BCUT2D eigenvalue weighted by molar-refractivity contribution is 0.778. The largest absolute Gasteiger partial charge is 0.0888 e. The van der Waals surface area contributed by atoms with Crippen molar-refractivity contribution in [3.05, 3.63) is 46.0 Å². The van der Waals surface area contributed by atoms with Gasteiger partial charge in [0, 0.05) is 10.0 Å². The van der Waals surface area contributed by atoms with Crippen molar-refractivity contribution < 1.29 is 0 Å². The summed E-state index contributed by atoms with van der Waals surface area (Å²) in [6, 6.07) is 5.73. The summed E-state index contributed by atoms with van der Waals surface area (Å²) < 4.78 is 0. The van der Waals surface area contributed by atoms with Crippen LogP contribution in [0.4, 0.5) is 0 Å². The molecule has 2 heteroatoms. The van der Waals surface area contributed by atoms with Crippen molar-refractivity contribution in [2.75, 3.05) is 0 Å². The van der Waals surface area contributed by atoms with Crippen LogP contribution >= 0.6 is 23.2 Å². The van der Waals surface area contributed by atoms with Gasteiger partial charge in [-0.1, -0.05) is 49.2 Å². The number of rotatable bonds is 4. The average Bonchev–Trinajstić information content (AvgIpc) is 2.16. The Balaban J connectivity index is 2.72. The fourth-order valence-corrected chi connectivity index (χ4v) is 2.01. The normalized spacial score (nSPS) is 13.3. The van der Waals surface area contributed by atoms with E-state index >= 15 is 0 Å². The zero-order valence-electron chi connectivity index (χ0n) is 9.13. The van der Waals surface area contributed by atoms with Crippen LogP contribution in [-0.4, -0.2) is 0 Å². The molecule has 0 aliphatic rings. The van der Waals surface area contributed by atoms with Crippen LogP contribution in [0, 0.1) is 0 Å². The van der Waals surface area contributed by atoms with E-state index in [0.717, 1.165) is 12.8 Å². The molecular weight excluding hydrogens is 227 g/mol. The molecule has 0 amide bonds. The second-order valence-electron chi connectivity index (χ2n) is 3.72. The number of halogens is 2. The molecule has 0 saturated heterocycles. The molecule has 1 aromatic rings. The summed E-state index contributed by atoms with van der Waals surface area (Å²) in [4.78, 5) is 0. The van der Waals surface area contributed by atoms with Gasteiger partial charge in [-0.25, -0.2) is 0 Å².